The van der Waals surface area contributed by atoms with Crippen LogP contribution in [0.25, 0.3) is 0 Å². The zero-order valence-electron chi connectivity index (χ0n) is 19.9. The molecule has 0 bridgehead atoms. The number of aryl methyl sites for hydroxylation is 1. The van der Waals surface area contributed by atoms with E-state index in [1.165, 1.54) is 11.1 Å². The van der Waals surface area contributed by atoms with E-state index in [9.17, 15) is 4.79 Å². The van der Waals surface area contributed by atoms with Gasteiger partial charge in [0.25, 0.3) is 0 Å². The van der Waals surface area contributed by atoms with Crippen LogP contribution >= 0.6 is 24.0 Å². The molecule has 0 spiro atoms. The van der Waals surface area contributed by atoms with Crippen molar-refractivity contribution in [2.75, 3.05) is 27.7 Å². The van der Waals surface area contributed by atoms with Crippen LogP contribution in [0.1, 0.15) is 48.2 Å². The zero-order chi connectivity index (χ0) is 22.4. The van der Waals surface area contributed by atoms with Crippen LogP contribution in [0, 0.1) is 19.3 Å². The molecule has 1 aliphatic rings. The fraction of sp³-hybridized carbons (Fsp3) is 0.542. The summed E-state index contributed by atoms with van der Waals surface area (Å²) in [6, 6.07) is 10.4. The molecule has 0 aliphatic heterocycles. The molecule has 7 nitrogen and oxygen atoms in total. The number of amides is 1. The van der Waals surface area contributed by atoms with E-state index in [2.05, 4.69) is 51.5 Å². The highest BCUT2D eigenvalue weighted by Gasteiger charge is 2.42. The Bertz CT molecular complexity index is 916. The Morgan fingerprint density at radius 3 is 2.41 bits per heavy atom. The van der Waals surface area contributed by atoms with Gasteiger partial charge in [-0.05, 0) is 32.3 Å². The molecule has 1 heterocycles. The maximum Gasteiger partial charge on any atom is 0.230 e. The van der Waals surface area contributed by atoms with Crippen molar-refractivity contribution < 1.29 is 4.79 Å². The molecule has 1 saturated carbocycles. The fourth-order valence-corrected chi connectivity index (χ4v) is 4.54. The van der Waals surface area contributed by atoms with Crippen molar-refractivity contribution in [2.45, 2.75) is 52.6 Å². The van der Waals surface area contributed by atoms with Crippen LogP contribution in [0.4, 0.5) is 0 Å². The first-order valence-corrected chi connectivity index (χ1v) is 11.1. The third kappa shape index (κ3) is 6.02. The van der Waals surface area contributed by atoms with Crippen LogP contribution in [0.5, 0.6) is 0 Å². The highest BCUT2D eigenvalue weighted by atomic mass is 127. The van der Waals surface area contributed by atoms with E-state index in [-0.39, 0.29) is 35.3 Å². The van der Waals surface area contributed by atoms with E-state index in [0.29, 0.717) is 19.0 Å². The number of rotatable bonds is 7. The minimum absolute atomic E-state index is 0. The number of aromatic nitrogens is 2. The third-order valence-electron chi connectivity index (χ3n) is 6.38. The lowest BCUT2D eigenvalue weighted by Gasteiger charge is -2.31. The van der Waals surface area contributed by atoms with Crippen LogP contribution in [-0.4, -0.2) is 54.2 Å². The van der Waals surface area contributed by atoms with Gasteiger partial charge in [0.2, 0.25) is 5.91 Å². The molecule has 2 N–H and O–H groups in total. The monoisotopic (exact) mass is 552 g/mol. The standard InChI is InChI=1S/C24H36N6O.HI/c1-18-21(19(2)30(28-18)16-20-11-7-6-8-12-20)15-26-23(25-3)27-17-24(13-9-10-14-24)22(31)29(4)5;/h6-8,11-12H,9-10,13-17H2,1-5H3,(H2,25,26,27);1H. The number of carbonyl (C=O) groups is 1. The average Bonchev–Trinajstić information content (AvgIpc) is 3.34. The molecule has 8 heteroatoms. The number of aliphatic imine (C=N–C) groups is 1. The second kappa shape index (κ2) is 11.7. The van der Waals surface area contributed by atoms with Crippen molar-refractivity contribution in [3.63, 3.8) is 0 Å². The second-order valence-electron chi connectivity index (χ2n) is 8.76. The number of hydrogen-bond donors (Lipinski definition) is 2. The second-order valence-corrected chi connectivity index (χ2v) is 8.76. The van der Waals surface area contributed by atoms with E-state index >= 15 is 0 Å². The summed E-state index contributed by atoms with van der Waals surface area (Å²) < 4.78 is 2.06. The number of nitrogens with one attached hydrogen (secondary N) is 2. The van der Waals surface area contributed by atoms with Crippen LogP contribution < -0.4 is 10.6 Å². The van der Waals surface area contributed by atoms with E-state index < -0.39 is 0 Å². The van der Waals surface area contributed by atoms with Crippen LogP contribution in [0.15, 0.2) is 35.3 Å². The van der Waals surface area contributed by atoms with Gasteiger partial charge in [-0.25, -0.2) is 0 Å². The highest BCUT2D eigenvalue weighted by molar-refractivity contribution is 14.0. The largest absolute Gasteiger partial charge is 0.355 e. The van der Waals surface area contributed by atoms with Crippen molar-refractivity contribution in [1.82, 2.24) is 25.3 Å². The van der Waals surface area contributed by atoms with Gasteiger partial charge >= 0.3 is 0 Å². The van der Waals surface area contributed by atoms with Crippen LogP contribution in [-0.2, 0) is 17.9 Å². The van der Waals surface area contributed by atoms with Crippen molar-refractivity contribution in [3.05, 3.63) is 52.8 Å². The van der Waals surface area contributed by atoms with Gasteiger partial charge in [-0.2, -0.15) is 5.10 Å². The number of benzene rings is 1. The van der Waals surface area contributed by atoms with Gasteiger partial charge in [0, 0.05) is 45.5 Å². The lowest BCUT2D eigenvalue weighted by atomic mass is 9.84. The van der Waals surface area contributed by atoms with Crippen LogP contribution in [0.3, 0.4) is 0 Å². The van der Waals surface area contributed by atoms with Gasteiger partial charge in [-0.3, -0.25) is 14.5 Å². The Hall–Kier alpha value is -2.10. The summed E-state index contributed by atoms with van der Waals surface area (Å²) in [5, 5.41) is 11.6. The van der Waals surface area contributed by atoms with Gasteiger partial charge in [0.05, 0.1) is 17.7 Å². The number of nitrogens with zero attached hydrogens (tertiary/aromatic N) is 4. The molecule has 0 atom stereocenters. The Kier molecular flexibility index (Phi) is 9.54. The molecule has 1 aromatic heterocycles. The molecule has 1 aromatic carbocycles. The summed E-state index contributed by atoms with van der Waals surface area (Å²) in [5.74, 6) is 0.925. The normalized spacial score (nSPS) is 15.2. The molecule has 0 saturated heterocycles. The zero-order valence-corrected chi connectivity index (χ0v) is 22.3. The summed E-state index contributed by atoms with van der Waals surface area (Å²) >= 11 is 0. The fourth-order valence-electron chi connectivity index (χ4n) is 4.54. The summed E-state index contributed by atoms with van der Waals surface area (Å²) in [5.41, 5.74) is 4.26. The number of guanidine groups is 1. The summed E-state index contributed by atoms with van der Waals surface area (Å²) in [4.78, 5) is 18.9. The van der Waals surface area contributed by atoms with E-state index in [1.54, 1.807) is 11.9 Å². The lowest BCUT2D eigenvalue weighted by Crippen LogP contribution is -2.49. The smallest absolute Gasteiger partial charge is 0.230 e. The summed E-state index contributed by atoms with van der Waals surface area (Å²) in [6.07, 6.45) is 4.06. The van der Waals surface area contributed by atoms with Crippen molar-refractivity contribution in [1.29, 1.82) is 0 Å². The maximum atomic E-state index is 12.8. The third-order valence-corrected chi connectivity index (χ3v) is 6.38. The molecule has 1 fully saturated rings. The quantitative estimate of drug-likeness (QED) is 0.314. The van der Waals surface area contributed by atoms with Crippen LogP contribution in [0.2, 0.25) is 0 Å². The molecule has 32 heavy (non-hydrogen) atoms. The predicted molar refractivity (Wildman–Crippen MR) is 140 cm³/mol. The first kappa shape index (κ1) is 26.2. The number of halogens is 1. The molecule has 1 aliphatic carbocycles. The number of carbonyl (C=O) groups excluding carboxylic acids is 1. The van der Waals surface area contributed by atoms with Gasteiger partial charge in [0.15, 0.2) is 5.96 Å². The summed E-state index contributed by atoms with van der Waals surface area (Å²) in [7, 11) is 5.45. The van der Waals surface area contributed by atoms with Gasteiger partial charge < -0.3 is 15.5 Å². The molecule has 176 valence electrons. The molecule has 0 radical (unpaired) electrons. The lowest BCUT2D eigenvalue weighted by molar-refractivity contribution is -0.138. The molecule has 0 unspecified atom stereocenters. The van der Waals surface area contributed by atoms with Crippen molar-refractivity contribution >= 4 is 35.8 Å². The topological polar surface area (TPSA) is 74.5 Å². The Morgan fingerprint density at radius 1 is 1.16 bits per heavy atom. The average molecular weight is 553 g/mol. The van der Waals surface area contributed by atoms with Gasteiger partial charge in [-0.15, -0.1) is 24.0 Å². The van der Waals surface area contributed by atoms with E-state index in [1.807, 2.05) is 27.1 Å². The first-order valence-electron chi connectivity index (χ1n) is 11.1. The molecule has 2 aromatic rings. The van der Waals surface area contributed by atoms with Crippen molar-refractivity contribution in [2.24, 2.45) is 10.4 Å². The molecular formula is C24H37IN6O. The maximum absolute atomic E-state index is 12.8. The molecule has 3 rings (SSSR count). The minimum Gasteiger partial charge on any atom is -0.355 e. The highest BCUT2D eigenvalue weighted by Crippen LogP contribution is 2.38. The Morgan fingerprint density at radius 2 is 1.81 bits per heavy atom. The minimum atomic E-state index is -0.326. The Balaban J connectivity index is 0.00000363. The van der Waals surface area contributed by atoms with E-state index in [0.717, 1.165) is 43.6 Å². The molecule has 1 amide bonds. The van der Waals surface area contributed by atoms with Gasteiger partial charge in [0.1, 0.15) is 0 Å². The van der Waals surface area contributed by atoms with Gasteiger partial charge in [-0.1, -0.05) is 43.2 Å². The summed E-state index contributed by atoms with van der Waals surface area (Å²) in [6.45, 7) is 6.16. The SMILES string of the molecule is CN=C(NCc1c(C)nn(Cc2ccccc2)c1C)NCC1(C(=O)N(C)C)CCCC1.I. The van der Waals surface area contributed by atoms with Crippen molar-refractivity contribution in [3.8, 4) is 0 Å². The first-order chi connectivity index (χ1) is 14.9. The number of hydrogen-bond acceptors (Lipinski definition) is 3. The predicted octanol–water partition coefficient (Wildman–Crippen LogP) is 3.48. The molecular weight excluding hydrogens is 515 g/mol. The Labute approximate surface area is 209 Å². The van der Waals surface area contributed by atoms with E-state index in [4.69, 9.17) is 5.10 Å².